The maximum absolute atomic E-state index is 14.1. The number of aryl methyl sites for hydroxylation is 2. The van der Waals surface area contributed by atoms with E-state index in [0.29, 0.717) is 18.7 Å². The number of para-hydroxylation sites is 1. The minimum absolute atomic E-state index is 0.221. The summed E-state index contributed by atoms with van der Waals surface area (Å²) in [5.41, 5.74) is 2.58. The minimum Gasteiger partial charge on any atom is -0.444 e. The van der Waals surface area contributed by atoms with E-state index in [0.717, 1.165) is 23.1 Å². The van der Waals surface area contributed by atoms with Crippen LogP contribution in [0.15, 0.2) is 48.5 Å². The van der Waals surface area contributed by atoms with E-state index in [2.05, 4.69) is 10.6 Å². The van der Waals surface area contributed by atoms with Crippen LogP contribution < -0.4 is 10.6 Å². The van der Waals surface area contributed by atoms with Crippen molar-refractivity contribution in [2.24, 2.45) is 5.92 Å². The third kappa shape index (κ3) is 8.62. The molecule has 0 fully saturated rings. The van der Waals surface area contributed by atoms with E-state index in [1.807, 2.05) is 83.1 Å². The molecule has 2 unspecified atom stereocenters. The Labute approximate surface area is 222 Å². The molecular weight excluding hydrogens is 466 g/mol. The first-order valence-corrected chi connectivity index (χ1v) is 13.1. The number of rotatable bonds is 10. The van der Waals surface area contributed by atoms with Gasteiger partial charge >= 0.3 is 6.09 Å². The van der Waals surface area contributed by atoms with E-state index >= 15 is 0 Å². The number of carbonyl (C=O) groups excluding carboxylic acids is 3. The maximum atomic E-state index is 14.1. The molecule has 0 bridgehead atoms. The molecule has 0 spiro atoms. The van der Waals surface area contributed by atoms with Crippen molar-refractivity contribution in [1.29, 1.82) is 0 Å². The second kappa shape index (κ2) is 13.3. The molecule has 2 N–H and O–H groups in total. The summed E-state index contributed by atoms with van der Waals surface area (Å²) in [5.74, 6) is -0.837. The summed E-state index contributed by atoms with van der Waals surface area (Å²) in [7, 11) is 0. The summed E-state index contributed by atoms with van der Waals surface area (Å²) in [4.78, 5) is 42.3. The average Bonchev–Trinajstić information content (AvgIpc) is 2.80. The second-order valence-electron chi connectivity index (χ2n) is 10.8. The zero-order chi connectivity index (χ0) is 27.8. The highest BCUT2D eigenvalue weighted by molar-refractivity contribution is 5.99. The summed E-state index contributed by atoms with van der Waals surface area (Å²) < 4.78 is 5.43. The topological polar surface area (TPSA) is 87.7 Å². The lowest BCUT2D eigenvalue weighted by atomic mass is 9.95. The molecule has 37 heavy (non-hydrogen) atoms. The van der Waals surface area contributed by atoms with Gasteiger partial charge in [-0.2, -0.15) is 0 Å². The van der Waals surface area contributed by atoms with Crippen molar-refractivity contribution in [2.45, 2.75) is 85.9 Å². The van der Waals surface area contributed by atoms with Gasteiger partial charge in [-0.3, -0.25) is 9.59 Å². The van der Waals surface area contributed by atoms with Crippen molar-refractivity contribution >= 4 is 23.6 Å². The van der Waals surface area contributed by atoms with E-state index in [1.165, 1.54) is 0 Å². The monoisotopic (exact) mass is 509 g/mol. The largest absolute Gasteiger partial charge is 0.444 e. The van der Waals surface area contributed by atoms with Gasteiger partial charge in [0.15, 0.2) is 0 Å². The highest BCUT2D eigenvalue weighted by atomic mass is 16.6. The van der Waals surface area contributed by atoms with Crippen molar-refractivity contribution in [3.63, 3.8) is 0 Å². The van der Waals surface area contributed by atoms with Crippen LogP contribution in [0.3, 0.4) is 0 Å². The van der Waals surface area contributed by atoms with Crippen LogP contribution in [0.25, 0.3) is 0 Å². The van der Waals surface area contributed by atoms with Crippen molar-refractivity contribution in [1.82, 2.24) is 10.2 Å². The van der Waals surface area contributed by atoms with Crippen LogP contribution in [0.5, 0.6) is 0 Å². The Morgan fingerprint density at radius 3 is 2.08 bits per heavy atom. The Morgan fingerprint density at radius 2 is 1.54 bits per heavy atom. The van der Waals surface area contributed by atoms with Crippen LogP contribution in [-0.2, 0) is 14.3 Å². The molecule has 2 aromatic rings. The fourth-order valence-electron chi connectivity index (χ4n) is 4.08. The van der Waals surface area contributed by atoms with Crippen molar-refractivity contribution in [3.8, 4) is 0 Å². The van der Waals surface area contributed by atoms with Crippen LogP contribution in [0.1, 0.15) is 77.1 Å². The Kier molecular flexibility index (Phi) is 10.7. The van der Waals surface area contributed by atoms with Gasteiger partial charge < -0.3 is 20.3 Å². The number of ether oxygens (including phenoxy) is 1. The molecule has 0 saturated heterocycles. The Morgan fingerprint density at radius 1 is 0.946 bits per heavy atom. The molecular formula is C30H43N3O4. The molecule has 0 aromatic heterocycles. The van der Waals surface area contributed by atoms with Crippen molar-refractivity contribution in [3.05, 3.63) is 65.2 Å². The fraction of sp³-hybridized carbons (Fsp3) is 0.500. The number of alkyl carbamates (subject to hydrolysis) is 1. The fourth-order valence-corrected chi connectivity index (χ4v) is 4.08. The SMILES string of the molecule is CCCCN(C(=O)C(NC(=O)OC(C)(C)C)C(C)C)C(C(=O)Nc1ccccc1C)c1ccccc1C. The molecule has 2 rings (SSSR count). The average molecular weight is 510 g/mol. The number of hydrogen-bond donors (Lipinski definition) is 2. The van der Waals surface area contributed by atoms with Gasteiger partial charge in [0.25, 0.3) is 5.91 Å². The van der Waals surface area contributed by atoms with Gasteiger partial charge in [0.2, 0.25) is 5.91 Å². The number of anilines is 1. The lowest BCUT2D eigenvalue weighted by Gasteiger charge is -2.36. The van der Waals surface area contributed by atoms with Gasteiger partial charge in [-0.25, -0.2) is 4.79 Å². The molecule has 7 heteroatoms. The Bertz CT molecular complexity index is 1070. The van der Waals surface area contributed by atoms with Gasteiger partial charge in [0.05, 0.1) is 0 Å². The number of nitrogens with zero attached hydrogens (tertiary/aromatic N) is 1. The highest BCUT2D eigenvalue weighted by Gasteiger charge is 2.37. The van der Waals surface area contributed by atoms with Crippen LogP contribution in [0.4, 0.5) is 10.5 Å². The molecule has 0 saturated carbocycles. The molecule has 2 atom stereocenters. The molecule has 3 amide bonds. The van der Waals surface area contributed by atoms with Crippen LogP contribution in [0.2, 0.25) is 0 Å². The summed E-state index contributed by atoms with van der Waals surface area (Å²) in [6.45, 7) is 15.3. The van der Waals surface area contributed by atoms with Crippen LogP contribution in [-0.4, -0.2) is 41.0 Å². The normalized spacial score (nSPS) is 13.0. The van der Waals surface area contributed by atoms with Gasteiger partial charge in [-0.1, -0.05) is 69.7 Å². The van der Waals surface area contributed by atoms with E-state index in [9.17, 15) is 14.4 Å². The van der Waals surface area contributed by atoms with E-state index < -0.39 is 23.8 Å². The molecule has 2 aromatic carbocycles. The third-order valence-electron chi connectivity index (χ3n) is 6.09. The van der Waals surface area contributed by atoms with Crippen LogP contribution >= 0.6 is 0 Å². The lowest BCUT2D eigenvalue weighted by molar-refractivity contribution is -0.141. The minimum atomic E-state index is -0.874. The zero-order valence-corrected chi connectivity index (χ0v) is 23.6. The number of amides is 3. The van der Waals surface area contributed by atoms with E-state index in [-0.39, 0.29) is 17.7 Å². The van der Waals surface area contributed by atoms with Gasteiger partial charge in [0.1, 0.15) is 17.7 Å². The quantitative estimate of drug-likeness (QED) is 0.401. The molecule has 0 aliphatic heterocycles. The third-order valence-corrected chi connectivity index (χ3v) is 6.09. The number of benzene rings is 2. The predicted octanol–water partition coefficient (Wildman–Crippen LogP) is 6.16. The van der Waals surface area contributed by atoms with Gasteiger partial charge in [0, 0.05) is 12.2 Å². The van der Waals surface area contributed by atoms with Crippen LogP contribution in [0, 0.1) is 19.8 Å². The predicted molar refractivity (Wildman–Crippen MR) is 148 cm³/mol. The molecule has 0 heterocycles. The first-order valence-electron chi connectivity index (χ1n) is 13.1. The second-order valence-corrected chi connectivity index (χ2v) is 10.8. The number of nitrogens with one attached hydrogen (secondary N) is 2. The Hall–Kier alpha value is -3.35. The first kappa shape index (κ1) is 29.9. The zero-order valence-electron chi connectivity index (χ0n) is 23.6. The molecule has 0 radical (unpaired) electrons. The van der Waals surface area contributed by atoms with Crippen molar-refractivity contribution in [2.75, 3.05) is 11.9 Å². The lowest BCUT2D eigenvalue weighted by Crippen LogP contribution is -2.54. The first-order chi connectivity index (χ1) is 17.4. The number of unbranched alkanes of at least 4 members (excludes halogenated alkanes) is 1. The smallest absolute Gasteiger partial charge is 0.408 e. The van der Waals surface area contributed by atoms with Gasteiger partial charge in [-0.15, -0.1) is 0 Å². The van der Waals surface area contributed by atoms with E-state index in [4.69, 9.17) is 4.74 Å². The molecule has 202 valence electrons. The summed E-state index contributed by atoms with van der Waals surface area (Å²) in [6, 6.07) is 13.4. The summed E-state index contributed by atoms with van der Waals surface area (Å²) in [6.07, 6.45) is 0.894. The molecule has 0 aliphatic rings. The molecule has 7 nitrogen and oxygen atoms in total. The standard InChI is InChI=1S/C30H43N3O4/c1-9-10-19-33(28(35)25(20(2)3)32-29(36)37-30(6,7)8)26(23-17-13-11-15-21(23)4)27(34)31-24-18-14-12-16-22(24)5/h11-18,20,25-26H,9-10,19H2,1-8H3,(H,31,34)(H,32,36). The summed E-state index contributed by atoms with van der Waals surface area (Å²) >= 11 is 0. The number of hydrogen-bond acceptors (Lipinski definition) is 4. The summed E-state index contributed by atoms with van der Waals surface area (Å²) in [5, 5.41) is 5.81. The van der Waals surface area contributed by atoms with Crippen molar-refractivity contribution < 1.29 is 19.1 Å². The number of carbonyl (C=O) groups is 3. The maximum Gasteiger partial charge on any atom is 0.408 e. The highest BCUT2D eigenvalue weighted by Crippen LogP contribution is 2.28. The van der Waals surface area contributed by atoms with E-state index in [1.54, 1.807) is 25.7 Å². The Balaban J connectivity index is 2.53. The molecule has 0 aliphatic carbocycles. The van der Waals surface area contributed by atoms with Gasteiger partial charge in [-0.05, 0) is 69.7 Å².